The van der Waals surface area contributed by atoms with E-state index in [0.717, 1.165) is 16.5 Å². The number of hydrogen-bond donors (Lipinski definition) is 1. The molecule has 0 aliphatic heterocycles. The predicted molar refractivity (Wildman–Crippen MR) is 91.9 cm³/mol. The van der Waals surface area contributed by atoms with Crippen LogP contribution in [0.2, 0.25) is 0 Å². The second-order valence-electron chi connectivity index (χ2n) is 5.91. The monoisotopic (exact) mass is 339 g/mol. The number of ether oxygens (including phenoxy) is 1. The molecule has 0 aliphatic rings. The number of ketones is 1. The average molecular weight is 339 g/mol. The molecule has 0 fully saturated rings. The Kier molecular flexibility index (Phi) is 4.27. The average Bonchev–Trinajstić information content (AvgIpc) is 3.06. The third-order valence-electron chi connectivity index (χ3n) is 4.19. The Morgan fingerprint density at radius 3 is 2.64 bits per heavy atom. The van der Waals surface area contributed by atoms with Gasteiger partial charge in [-0.3, -0.25) is 4.79 Å². The van der Waals surface area contributed by atoms with Gasteiger partial charge in [-0.1, -0.05) is 12.1 Å². The van der Waals surface area contributed by atoms with E-state index in [2.05, 4.69) is 4.98 Å². The molecule has 128 valence electrons. The summed E-state index contributed by atoms with van der Waals surface area (Å²) in [4.78, 5) is 37.9. The van der Waals surface area contributed by atoms with Crippen LogP contribution in [0.25, 0.3) is 11.0 Å². The molecular formula is C19H17NO5. The SMILES string of the molecule is CC(=O)c1c[nH]c(C(=O)OCc2cc(=O)oc3c(C)c(C)ccc23)c1. The van der Waals surface area contributed by atoms with Crippen LogP contribution in [-0.4, -0.2) is 16.7 Å². The summed E-state index contributed by atoms with van der Waals surface area (Å²) in [6.45, 7) is 5.15. The van der Waals surface area contributed by atoms with Gasteiger partial charge in [-0.15, -0.1) is 0 Å². The molecule has 0 saturated carbocycles. The van der Waals surface area contributed by atoms with E-state index in [-0.39, 0.29) is 18.1 Å². The van der Waals surface area contributed by atoms with Crippen molar-refractivity contribution in [1.29, 1.82) is 0 Å². The molecule has 0 aliphatic carbocycles. The van der Waals surface area contributed by atoms with Crippen LogP contribution in [0.3, 0.4) is 0 Å². The summed E-state index contributed by atoms with van der Waals surface area (Å²) in [7, 11) is 0. The first-order valence-corrected chi connectivity index (χ1v) is 7.76. The number of carbonyl (C=O) groups is 2. The number of H-pyrrole nitrogens is 1. The molecule has 0 radical (unpaired) electrons. The molecule has 2 aromatic heterocycles. The lowest BCUT2D eigenvalue weighted by atomic mass is 10.0. The highest BCUT2D eigenvalue weighted by molar-refractivity contribution is 5.97. The minimum Gasteiger partial charge on any atom is -0.456 e. The van der Waals surface area contributed by atoms with Crippen LogP contribution in [0.5, 0.6) is 0 Å². The van der Waals surface area contributed by atoms with Gasteiger partial charge in [-0.2, -0.15) is 0 Å². The van der Waals surface area contributed by atoms with Crippen molar-refractivity contribution in [2.24, 2.45) is 0 Å². The number of aromatic nitrogens is 1. The lowest BCUT2D eigenvalue weighted by molar-refractivity contribution is 0.0467. The van der Waals surface area contributed by atoms with Gasteiger partial charge in [0.15, 0.2) is 5.78 Å². The third kappa shape index (κ3) is 3.24. The number of benzene rings is 1. The Labute approximate surface area is 143 Å². The van der Waals surface area contributed by atoms with E-state index in [1.165, 1.54) is 25.3 Å². The molecule has 0 bridgehead atoms. The standard InChI is InChI=1S/C19H17NO5/c1-10-4-5-15-14(7-17(22)25-18(15)11(10)2)9-24-19(23)16-6-13(8-20-16)12(3)21/h4-8,20H,9H2,1-3H3. The maximum atomic E-state index is 12.1. The molecule has 6 nitrogen and oxygen atoms in total. The number of nitrogens with one attached hydrogen (secondary N) is 1. The fourth-order valence-corrected chi connectivity index (χ4v) is 2.58. The van der Waals surface area contributed by atoms with Crippen molar-refractivity contribution in [3.05, 3.63) is 68.8 Å². The number of esters is 1. The summed E-state index contributed by atoms with van der Waals surface area (Å²) in [6, 6.07) is 6.52. The molecule has 1 aromatic carbocycles. The van der Waals surface area contributed by atoms with Gasteiger partial charge in [0.2, 0.25) is 0 Å². The van der Waals surface area contributed by atoms with Gasteiger partial charge in [0.25, 0.3) is 0 Å². The Morgan fingerprint density at radius 2 is 1.96 bits per heavy atom. The van der Waals surface area contributed by atoms with Crippen molar-refractivity contribution in [3.63, 3.8) is 0 Å². The van der Waals surface area contributed by atoms with E-state index in [9.17, 15) is 14.4 Å². The van der Waals surface area contributed by atoms with Gasteiger partial charge >= 0.3 is 11.6 Å². The van der Waals surface area contributed by atoms with Crippen LogP contribution in [0, 0.1) is 13.8 Å². The highest BCUT2D eigenvalue weighted by atomic mass is 16.5. The molecule has 25 heavy (non-hydrogen) atoms. The second-order valence-corrected chi connectivity index (χ2v) is 5.91. The Morgan fingerprint density at radius 1 is 1.20 bits per heavy atom. The van der Waals surface area contributed by atoms with Crippen molar-refractivity contribution < 1.29 is 18.7 Å². The topological polar surface area (TPSA) is 89.4 Å². The minimum absolute atomic E-state index is 0.0716. The summed E-state index contributed by atoms with van der Waals surface area (Å²) in [5.41, 5.74) is 3.05. The lowest BCUT2D eigenvalue weighted by Gasteiger charge is -2.09. The number of fused-ring (bicyclic) bond motifs is 1. The number of Topliss-reactive ketones (excluding diaryl/α,β-unsaturated/α-hetero) is 1. The lowest BCUT2D eigenvalue weighted by Crippen LogP contribution is -2.08. The van der Waals surface area contributed by atoms with Crippen LogP contribution in [0.4, 0.5) is 0 Å². The van der Waals surface area contributed by atoms with Crippen LogP contribution in [-0.2, 0) is 11.3 Å². The molecule has 0 amide bonds. The van der Waals surface area contributed by atoms with Gasteiger partial charge in [0.05, 0.1) is 0 Å². The highest BCUT2D eigenvalue weighted by Gasteiger charge is 2.14. The smallest absolute Gasteiger partial charge is 0.355 e. The number of aryl methyl sites for hydroxylation is 2. The first kappa shape index (κ1) is 16.7. The van der Waals surface area contributed by atoms with Crippen molar-refractivity contribution in [3.8, 4) is 0 Å². The first-order chi connectivity index (χ1) is 11.9. The van der Waals surface area contributed by atoms with Crippen molar-refractivity contribution >= 4 is 22.7 Å². The quantitative estimate of drug-likeness (QED) is 0.447. The van der Waals surface area contributed by atoms with Crippen LogP contribution < -0.4 is 5.63 Å². The highest BCUT2D eigenvalue weighted by Crippen LogP contribution is 2.23. The summed E-state index contributed by atoms with van der Waals surface area (Å²) in [6.07, 6.45) is 1.46. The molecule has 0 spiro atoms. The third-order valence-corrected chi connectivity index (χ3v) is 4.19. The van der Waals surface area contributed by atoms with Crippen LogP contribution in [0.15, 0.2) is 39.7 Å². The zero-order chi connectivity index (χ0) is 18.1. The molecule has 3 aromatic rings. The van der Waals surface area contributed by atoms with Gasteiger partial charge in [0.1, 0.15) is 17.9 Å². The van der Waals surface area contributed by atoms with E-state index < -0.39 is 11.6 Å². The Hall–Kier alpha value is -3.15. The molecule has 3 rings (SSSR count). The van der Waals surface area contributed by atoms with E-state index in [1.54, 1.807) is 0 Å². The zero-order valence-corrected chi connectivity index (χ0v) is 14.1. The van der Waals surface area contributed by atoms with Crippen molar-refractivity contribution in [2.75, 3.05) is 0 Å². The fraction of sp³-hybridized carbons (Fsp3) is 0.211. The molecule has 2 heterocycles. The molecule has 0 unspecified atom stereocenters. The van der Waals surface area contributed by atoms with E-state index in [4.69, 9.17) is 9.15 Å². The zero-order valence-electron chi connectivity index (χ0n) is 14.1. The Bertz CT molecular complexity index is 1040. The first-order valence-electron chi connectivity index (χ1n) is 7.76. The van der Waals surface area contributed by atoms with Crippen molar-refractivity contribution in [2.45, 2.75) is 27.4 Å². The van der Waals surface area contributed by atoms with Crippen LogP contribution >= 0.6 is 0 Å². The minimum atomic E-state index is -0.599. The van der Waals surface area contributed by atoms with Gasteiger partial charge in [0, 0.05) is 28.8 Å². The number of carbonyl (C=O) groups excluding carboxylic acids is 2. The summed E-state index contributed by atoms with van der Waals surface area (Å²) >= 11 is 0. The van der Waals surface area contributed by atoms with Crippen molar-refractivity contribution in [1.82, 2.24) is 4.98 Å². The number of rotatable bonds is 4. The molecular weight excluding hydrogens is 322 g/mol. The summed E-state index contributed by atoms with van der Waals surface area (Å²) in [5, 5.41) is 0.728. The summed E-state index contributed by atoms with van der Waals surface area (Å²) in [5.74, 6) is -0.745. The summed E-state index contributed by atoms with van der Waals surface area (Å²) < 4.78 is 10.6. The van der Waals surface area contributed by atoms with Crippen LogP contribution in [0.1, 0.15) is 44.5 Å². The molecule has 0 saturated heterocycles. The van der Waals surface area contributed by atoms with E-state index in [0.29, 0.717) is 16.7 Å². The normalized spacial score (nSPS) is 10.8. The van der Waals surface area contributed by atoms with E-state index >= 15 is 0 Å². The Balaban J connectivity index is 1.88. The number of hydrogen-bond acceptors (Lipinski definition) is 5. The number of aromatic amines is 1. The molecule has 6 heteroatoms. The van der Waals surface area contributed by atoms with Gasteiger partial charge < -0.3 is 14.1 Å². The maximum Gasteiger partial charge on any atom is 0.355 e. The second kappa shape index (κ2) is 6.39. The van der Waals surface area contributed by atoms with E-state index in [1.807, 2.05) is 26.0 Å². The molecule has 0 atom stereocenters. The fourth-order valence-electron chi connectivity index (χ4n) is 2.58. The largest absolute Gasteiger partial charge is 0.456 e. The van der Waals surface area contributed by atoms with Gasteiger partial charge in [-0.05, 0) is 38.0 Å². The molecule has 1 N–H and O–H groups in total. The van der Waals surface area contributed by atoms with Gasteiger partial charge in [-0.25, -0.2) is 9.59 Å². The maximum absolute atomic E-state index is 12.1. The predicted octanol–water partition coefficient (Wildman–Crippen LogP) is 3.30.